The van der Waals surface area contributed by atoms with Crippen LogP contribution in [0.5, 0.6) is 17.2 Å². The molecular formula is C18H22O3. The van der Waals surface area contributed by atoms with Gasteiger partial charge < -0.3 is 15.3 Å². The highest BCUT2D eigenvalue weighted by Gasteiger charge is 2.27. The molecule has 0 spiro atoms. The second-order valence-electron chi connectivity index (χ2n) is 5.70. The van der Waals surface area contributed by atoms with Crippen molar-refractivity contribution in [2.24, 2.45) is 0 Å². The Kier molecular flexibility index (Phi) is 4.12. The summed E-state index contributed by atoms with van der Waals surface area (Å²) in [5.74, 6) is -0.0194. The number of hydrogen-bond acceptors (Lipinski definition) is 3. The molecule has 0 unspecified atom stereocenters. The molecule has 2 rings (SSSR count). The van der Waals surface area contributed by atoms with Gasteiger partial charge in [-0.15, -0.1) is 0 Å². The molecule has 3 N–H and O–H groups in total. The summed E-state index contributed by atoms with van der Waals surface area (Å²) in [7, 11) is 0. The Morgan fingerprint density at radius 3 is 1.90 bits per heavy atom. The lowest BCUT2D eigenvalue weighted by Gasteiger charge is -2.30. The Labute approximate surface area is 125 Å². The Morgan fingerprint density at radius 1 is 0.857 bits per heavy atom. The van der Waals surface area contributed by atoms with E-state index in [2.05, 4.69) is 20.8 Å². The second-order valence-corrected chi connectivity index (χ2v) is 5.70. The van der Waals surface area contributed by atoms with Gasteiger partial charge in [-0.25, -0.2) is 0 Å². The van der Waals surface area contributed by atoms with Gasteiger partial charge in [0.25, 0.3) is 0 Å². The van der Waals surface area contributed by atoms with Crippen molar-refractivity contribution < 1.29 is 15.3 Å². The van der Waals surface area contributed by atoms with E-state index in [4.69, 9.17) is 0 Å². The topological polar surface area (TPSA) is 60.7 Å². The van der Waals surface area contributed by atoms with Gasteiger partial charge in [-0.1, -0.05) is 32.9 Å². The molecule has 0 bridgehead atoms. The molecule has 0 aliphatic rings. The summed E-state index contributed by atoms with van der Waals surface area (Å²) < 4.78 is 0. The van der Waals surface area contributed by atoms with Gasteiger partial charge in [0.15, 0.2) is 11.5 Å². The summed E-state index contributed by atoms with van der Waals surface area (Å²) in [4.78, 5) is 0. The van der Waals surface area contributed by atoms with Crippen LogP contribution >= 0.6 is 0 Å². The van der Waals surface area contributed by atoms with Crippen molar-refractivity contribution in [3.05, 3.63) is 42.0 Å². The molecule has 3 heteroatoms. The van der Waals surface area contributed by atoms with Crippen LogP contribution in [0.4, 0.5) is 0 Å². The maximum Gasteiger partial charge on any atom is 0.158 e. The number of hydrogen-bond donors (Lipinski definition) is 3. The van der Waals surface area contributed by atoms with Crippen molar-refractivity contribution >= 4 is 0 Å². The summed E-state index contributed by atoms with van der Waals surface area (Å²) in [6.45, 7) is 6.39. The van der Waals surface area contributed by atoms with Crippen LogP contribution in [0.3, 0.4) is 0 Å². The largest absolute Gasteiger partial charge is 0.508 e. The van der Waals surface area contributed by atoms with Crippen molar-refractivity contribution in [3.63, 3.8) is 0 Å². The van der Waals surface area contributed by atoms with E-state index < -0.39 is 0 Å². The minimum atomic E-state index is -0.128. The molecule has 0 amide bonds. The van der Waals surface area contributed by atoms with Crippen molar-refractivity contribution in [3.8, 4) is 28.4 Å². The third kappa shape index (κ3) is 2.82. The predicted molar refractivity (Wildman–Crippen MR) is 84.8 cm³/mol. The molecule has 112 valence electrons. The zero-order valence-corrected chi connectivity index (χ0v) is 12.7. The molecule has 21 heavy (non-hydrogen) atoms. The summed E-state index contributed by atoms with van der Waals surface area (Å²) in [5, 5.41) is 29.2. The SMILES string of the molecule is CCC(C)(CC)c1cc(O)c(O)cc1-c1ccc(O)cc1. The molecule has 0 saturated carbocycles. The average molecular weight is 286 g/mol. The van der Waals surface area contributed by atoms with Gasteiger partial charge >= 0.3 is 0 Å². The smallest absolute Gasteiger partial charge is 0.158 e. The van der Waals surface area contributed by atoms with Crippen molar-refractivity contribution in [2.75, 3.05) is 0 Å². The maximum atomic E-state index is 9.88. The molecule has 0 saturated heterocycles. The minimum Gasteiger partial charge on any atom is -0.508 e. The predicted octanol–water partition coefficient (Wildman–Crippen LogP) is 4.55. The van der Waals surface area contributed by atoms with Crippen molar-refractivity contribution in [1.82, 2.24) is 0 Å². The van der Waals surface area contributed by atoms with Crippen LogP contribution in [0.1, 0.15) is 39.2 Å². The average Bonchev–Trinajstić information content (AvgIpc) is 2.49. The molecule has 0 radical (unpaired) electrons. The number of rotatable bonds is 4. The molecule has 0 heterocycles. The Balaban J connectivity index is 2.69. The zero-order chi connectivity index (χ0) is 15.6. The highest BCUT2D eigenvalue weighted by atomic mass is 16.3. The first-order valence-electron chi connectivity index (χ1n) is 7.27. The first-order valence-corrected chi connectivity index (χ1v) is 7.27. The first-order chi connectivity index (χ1) is 9.91. The van der Waals surface area contributed by atoms with Crippen molar-refractivity contribution in [2.45, 2.75) is 39.0 Å². The van der Waals surface area contributed by atoms with Gasteiger partial charge in [-0.2, -0.15) is 0 Å². The van der Waals surface area contributed by atoms with E-state index in [1.54, 1.807) is 24.3 Å². The lowest BCUT2D eigenvalue weighted by molar-refractivity contribution is 0.396. The van der Waals surface area contributed by atoms with E-state index in [0.29, 0.717) is 0 Å². The van der Waals surface area contributed by atoms with E-state index in [1.807, 2.05) is 12.1 Å². The number of phenols is 3. The van der Waals surface area contributed by atoms with Gasteiger partial charge in [0.1, 0.15) is 5.75 Å². The van der Waals surface area contributed by atoms with E-state index in [1.165, 1.54) is 0 Å². The molecule has 0 fully saturated rings. The van der Waals surface area contributed by atoms with E-state index in [0.717, 1.165) is 29.5 Å². The Morgan fingerprint density at radius 2 is 1.38 bits per heavy atom. The number of phenolic OH excluding ortho intramolecular Hbond substituents is 3. The standard InChI is InChI=1S/C18H22O3/c1-4-18(3,5-2)15-11-17(21)16(20)10-14(15)12-6-8-13(19)9-7-12/h6-11,19-21H,4-5H2,1-3H3. The monoisotopic (exact) mass is 286 g/mol. The molecule has 3 nitrogen and oxygen atoms in total. The quantitative estimate of drug-likeness (QED) is 0.723. The van der Waals surface area contributed by atoms with Crippen LogP contribution in [0.2, 0.25) is 0 Å². The lowest BCUT2D eigenvalue weighted by atomic mass is 9.74. The van der Waals surface area contributed by atoms with Crippen LogP contribution < -0.4 is 0 Å². The molecule has 2 aromatic rings. The normalized spacial score (nSPS) is 11.6. The molecular weight excluding hydrogens is 264 g/mol. The van der Waals surface area contributed by atoms with Gasteiger partial charge in [0.2, 0.25) is 0 Å². The third-order valence-electron chi connectivity index (χ3n) is 4.50. The molecule has 0 atom stereocenters. The van der Waals surface area contributed by atoms with E-state index in [9.17, 15) is 15.3 Å². The fourth-order valence-electron chi connectivity index (χ4n) is 2.59. The van der Waals surface area contributed by atoms with Gasteiger partial charge in [-0.05, 0) is 59.2 Å². The zero-order valence-electron chi connectivity index (χ0n) is 12.7. The summed E-state index contributed by atoms with van der Waals surface area (Å²) in [5.41, 5.74) is 2.72. The third-order valence-corrected chi connectivity index (χ3v) is 4.50. The number of aromatic hydroxyl groups is 3. The van der Waals surface area contributed by atoms with Crippen LogP contribution in [0, 0.1) is 0 Å². The molecule has 2 aromatic carbocycles. The maximum absolute atomic E-state index is 9.88. The van der Waals surface area contributed by atoms with Gasteiger partial charge in [-0.3, -0.25) is 0 Å². The van der Waals surface area contributed by atoms with Crippen LogP contribution in [-0.4, -0.2) is 15.3 Å². The van der Waals surface area contributed by atoms with Crippen molar-refractivity contribution in [1.29, 1.82) is 0 Å². The Bertz CT molecular complexity index is 626. The summed E-state index contributed by atoms with van der Waals surface area (Å²) in [6.07, 6.45) is 1.86. The van der Waals surface area contributed by atoms with Crippen LogP contribution in [-0.2, 0) is 5.41 Å². The highest BCUT2D eigenvalue weighted by molar-refractivity contribution is 5.72. The van der Waals surface area contributed by atoms with Gasteiger partial charge in [0, 0.05) is 0 Å². The highest BCUT2D eigenvalue weighted by Crippen LogP contribution is 2.43. The summed E-state index contributed by atoms with van der Waals surface area (Å²) in [6, 6.07) is 10.1. The molecule has 0 aliphatic heterocycles. The lowest BCUT2D eigenvalue weighted by Crippen LogP contribution is -2.20. The fourth-order valence-corrected chi connectivity index (χ4v) is 2.59. The van der Waals surface area contributed by atoms with E-state index in [-0.39, 0.29) is 22.7 Å². The molecule has 0 aliphatic carbocycles. The fraction of sp³-hybridized carbons (Fsp3) is 0.333. The van der Waals surface area contributed by atoms with Crippen LogP contribution in [0.25, 0.3) is 11.1 Å². The minimum absolute atomic E-state index is 0.0849. The first kappa shape index (κ1) is 15.2. The van der Waals surface area contributed by atoms with E-state index >= 15 is 0 Å². The molecule has 0 aromatic heterocycles. The summed E-state index contributed by atoms with van der Waals surface area (Å²) >= 11 is 0. The second kappa shape index (κ2) is 5.68. The van der Waals surface area contributed by atoms with Gasteiger partial charge in [0.05, 0.1) is 0 Å². The van der Waals surface area contributed by atoms with Crippen LogP contribution in [0.15, 0.2) is 36.4 Å². The Hall–Kier alpha value is -2.16. The number of benzene rings is 2.